The zero-order valence-electron chi connectivity index (χ0n) is 6.30. The largest absolute Gasteiger partial charge is 0.380 e. The minimum atomic E-state index is -0.486. The molecule has 0 fully saturated rings. The van der Waals surface area contributed by atoms with Crippen molar-refractivity contribution in [3.8, 4) is 0 Å². The normalized spacial score (nSPS) is 9.58. The van der Waals surface area contributed by atoms with Gasteiger partial charge >= 0.3 is 5.97 Å². The third-order valence-electron chi connectivity index (χ3n) is 1.41. The predicted octanol–water partition coefficient (Wildman–Crippen LogP) is 3.12. The molecule has 0 atom stereocenters. The Morgan fingerprint density at radius 3 is 2.75 bits per heavy atom. The predicted molar refractivity (Wildman–Crippen MR) is 50.5 cm³/mol. The smallest absolute Gasteiger partial charge is 0.351 e. The van der Waals surface area contributed by atoms with Crippen LogP contribution < -0.4 is 0 Å². The lowest BCUT2D eigenvalue weighted by atomic mass is 10.1. The van der Waals surface area contributed by atoms with Gasteiger partial charge in [0.05, 0.1) is 10.6 Å². The molecule has 0 spiro atoms. The average molecular weight is 249 g/mol. The third kappa shape index (κ3) is 1.99. The molecule has 12 heavy (non-hydrogen) atoms. The zero-order valence-corrected chi connectivity index (χ0v) is 8.65. The van der Waals surface area contributed by atoms with Crippen molar-refractivity contribution in [2.24, 2.45) is 0 Å². The van der Waals surface area contributed by atoms with E-state index in [4.69, 9.17) is 11.6 Å². The fraction of sp³-hybridized carbons (Fsp3) is 0.125. The molecule has 64 valence electrons. The van der Waals surface area contributed by atoms with Crippen molar-refractivity contribution >= 4 is 33.8 Å². The minimum absolute atomic E-state index is 0.360. The first kappa shape index (κ1) is 9.55. The van der Waals surface area contributed by atoms with Gasteiger partial charge in [0, 0.05) is 0 Å². The Morgan fingerprint density at radius 2 is 2.25 bits per heavy atom. The standard InChI is InChI=1S/C8H6BrClO2/c1-5-2-3-6(7(10)4-5)8(11)12-9/h2-4H,1H3. The Balaban J connectivity index is 3.09. The van der Waals surface area contributed by atoms with Crippen molar-refractivity contribution in [2.75, 3.05) is 0 Å². The molecular formula is C8H6BrClO2. The first-order chi connectivity index (χ1) is 5.65. The van der Waals surface area contributed by atoms with Crippen molar-refractivity contribution < 1.29 is 8.62 Å². The van der Waals surface area contributed by atoms with Crippen LogP contribution in [0.3, 0.4) is 0 Å². The van der Waals surface area contributed by atoms with E-state index in [1.807, 2.05) is 6.92 Å². The van der Waals surface area contributed by atoms with Crippen LogP contribution in [0.15, 0.2) is 18.2 Å². The van der Waals surface area contributed by atoms with Crippen LogP contribution in [0, 0.1) is 6.92 Å². The zero-order chi connectivity index (χ0) is 9.14. The van der Waals surface area contributed by atoms with Gasteiger partial charge in [-0.3, -0.25) is 0 Å². The summed E-state index contributed by atoms with van der Waals surface area (Å²) in [4.78, 5) is 11.0. The molecule has 0 bridgehead atoms. The second-order valence-electron chi connectivity index (χ2n) is 2.35. The second kappa shape index (κ2) is 3.92. The molecular weight excluding hydrogens is 243 g/mol. The number of benzene rings is 1. The molecule has 0 aromatic heterocycles. The molecule has 0 saturated carbocycles. The summed E-state index contributed by atoms with van der Waals surface area (Å²) in [5.41, 5.74) is 1.37. The number of carbonyl (C=O) groups is 1. The molecule has 0 aliphatic carbocycles. The summed E-state index contributed by atoms with van der Waals surface area (Å²) in [6.45, 7) is 1.90. The summed E-state index contributed by atoms with van der Waals surface area (Å²) in [5.74, 6) is -0.486. The molecule has 0 saturated heterocycles. The number of halogens is 2. The van der Waals surface area contributed by atoms with Crippen molar-refractivity contribution in [1.29, 1.82) is 0 Å². The van der Waals surface area contributed by atoms with Crippen LogP contribution >= 0.6 is 27.9 Å². The maximum Gasteiger partial charge on any atom is 0.351 e. The van der Waals surface area contributed by atoms with Gasteiger partial charge in [-0.25, -0.2) is 4.79 Å². The van der Waals surface area contributed by atoms with Crippen molar-refractivity contribution in [3.05, 3.63) is 34.3 Å². The van der Waals surface area contributed by atoms with E-state index < -0.39 is 5.97 Å². The van der Waals surface area contributed by atoms with E-state index in [2.05, 4.69) is 20.1 Å². The summed E-state index contributed by atoms with van der Waals surface area (Å²) < 4.78 is 4.35. The molecule has 0 radical (unpaired) electrons. The van der Waals surface area contributed by atoms with Crippen molar-refractivity contribution in [1.82, 2.24) is 0 Å². The maximum atomic E-state index is 11.0. The van der Waals surface area contributed by atoms with E-state index in [0.29, 0.717) is 10.6 Å². The Bertz CT molecular complexity index is 312. The van der Waals surface area contributed by atoms with E-state index >= 15 is 0 Å². The molecule has 1 aromatic rings. The highest BCUT2D eigenvalue weighted by molar-refractivity contribution is 9.06. The van der Waals surface area contributed by atoms with Gasteiger partial charge in [-0.05, 0) is 24.6 Å². The molecule has 0 amide bonds. The first-order valence-electron chi connectivity index (χ1n) is 3.24. The maximum absolute atomic E-state index is 11.0. The SMILES string of the molecule is Cc1ccc(C(=O)OBr)c(Cl)c1. The van der Waals surface area contributed by atoms with E-state index in [1.54, 1.807) is 18.2 Å². The summed E-state index contributed by atoms with van der Waals surface area (Å²) in [6, 6.07) is 5.13. The van der Waals surface area contributed by atoms with Crippen LogP contribution in [0.5, 0.6) is 0 Å². The highest BCUT2D eigenvalue weighted by Gasteiger charge is 2.10. The van der Waals surface area contributed by atoms with E-state index in [1.165, 1.54) is 0 Å². The molecule has 0 unspecified atom stereocenters. The molecule has 0 heterocycles. The lowest BCUT2D eigenvalue weighted by molar-refractivity contribution is 0.0782. The number of carbonyl (C=O) groups excluding carboxylic acids is 1. The lowest BCUT2D eigenvalue weighted by Crippen LogP contribution is -1.98. The number of rotatable bonds is 1. The summed E-state index contributed by atoms with van der Waals surface area (Å²) >= 11 is 8.38. The van der Waals surface area contributed by atoms with Gasteiger partial charge in [-0.15, -0.1) is 0 Å². The fourth-order valence-electron chi connectivity index (χ4n) is 0.827. The van der Waals surface area contributed by atoms with Gasteiger partial charge in [0.2, 0.25) is 0 Å². The van der Waals surface area contributed by atoms with Gasteiger partial charge in [-0.2, -0.15) is 0 Å². The molecule has 0 aliphatic rings. The Kier molecular flexibility index (Phi) is 3.12. The van der Waals surface area contributed by atoms with E-state index in [9.17, 15) is 4.79 Å². The van der Waals surface area contributed by atoms with Crippen molar-refractivity contribution in [2.45, 2.75) is 6.92 Å². The Hall–Kier alpha value is -0.540. The molecule has 4 heteroatoms. The van der Waals surface area contributed by atoms with Crippen LogP contribution in [0.2, 0.25) is 5.02 Å². The van der Waals surface area contributed by atoms with E-state index in [-0.39, 0.29) is 0 Å². The van der Waals surface area contributed by atoms with Gasteiger partial charge in [0.1, 0.15) is 0 Å². The topological polar surface area (TPSA) is 26.3 Å². The number of hydrogen-bond acceptors (Lipinski definition) is 2. The van der Waals surface area contributed by atoms with Gasteiger partial charge in [0.25, 0.3) is 0 Å². The Labute approximate surface area is 83.9 Å². The van der Waals surface area contributed by atoms with Crippen LogP contribution in [0.25, 0.3) is 0 Å². The monoisotopic (exact) mass is 248 g/mol. The quantitative estimate of drug-likeness (QED) is 0.764. The number of aryl methyl sites for hydroxylation is 1. The minimum Gasteiger partial charge on any atom is -0.380 e. The molecule has 1 rings (SSSR count). The van der Waals surface area contributed by atoms with Crippen molar-refractivity contribution in [3.63, 3.8) is 0 Å². The molecule has 0 N–H and O–H groups in total. The third-order valence-corrected chi connectivity index (χ3v) is 2.02. The average Bonchev–Trinajstić information content (AvgIpc) is 2.03. The highest BCUT2D eigenvalue weighted by Crippen LogP contribution is 2.18. The molecule has 0 aliphatic heterocycles. The first-order valence-corrected chi connectivity index (χ1v) is 4.27. The Morgan fingerprint density at radius 1 is 1.58 bits per heavy atom. The fourth-order valence-corrected chi connectivity index (χ4v) is 1.31. The summed E-state index contributed by atoms with van der Waals surface area (Å²) in [6.07, 6.45) is 0. The molecule has 1 aromatic carbocycles. The summed E-state index contributed by atoms with van der Waals surface area (Å²) in [7, 11) is 0. The van der Waals surface area contributed by atoms with Crippen LogP contribution in [0.4, 0.5) is 0 Å². The number of hydrogen-bond donors (Lipinski definition) is 0. The van der Waals surface area contributed by atoms with Crippen LogP contribution in [-0.2, 0) is 3.83 Å². The van der Waals surface area contributed by atoms with E-state index in [0.717, 1.165) is 5.56 Å². The lowest BCUT2D eigenvalue weighted by Gasteiger charge is -2.00. The van der Waals surface area contributed by atoms with Gasteiger partial charge in [0.15, 0.2) is 16.3 Å². The highest BCUT2D eigenvalue weighted by atomic mass is 79.9. The summed E-state index contributed by atoms with van der Waals surface area (Å²) in [5, 5.41) is 0.402. The van der Waals surface area contributed by atoms with Gasteiger partial charge in [-0.1, -0.05) is 17.7 Å². The van der Waals surface area contributed by atoms with Gasteiger partial charge < -0.3 is 3.83 Å². The van der Waals surface area contributed by atoms with Crippen LogP contribution in [0.1, 0.15) is 15.9 Å². The van der Waals surface area contributed by atoms with Crippen LogP contribution in [-0.4, -0.2) is 5.97 Å². The molecule has 2 nitrogen and oxygen atoms in total. The second-order valence-corrected chi connectivity index (χ2v) is 3.08.